The van der Waals surface area contributed by atoms with Crippen LogP contribution in [0.25, 0.3) is 5.76 Å². The summed E-state index contributed by atoms with van der Waals surface area (Å²) < 4.78 is 25.9. The van der Waals surface area contributed by atoms with Gasteiger partial charge < -0.3 is 19.5 Å². The van der Waals surface area contributed by atoms with Gasteiger partial charge in [0.15, 0.2) is 0 Å². The molecule has 1 unspecified atom stereocenters. The number of Topliss-reactive ketones (excluding diaryl/α,β-unsaturated/α-hetero) is 1. The molecule has 4 rings (SSSR count). The Morgan fingerprint density at radius 1 is 1.19 bits per heavy atom. The van der Waals surface area contributed by atoms with Crippen molar-refractivity contribution in [3.05, 3.63) is 83.2 Å². The number of nitrogens with zero attached hydrogens (tertiary/aromatic N) is 2. The SMILES string of the molecule is C=CCOc1ccc(/C(O)=C2\C(=O)C(=O)N(CCCN3CCOCC3)C2c2ccccc2F)cc1C. The van der Waals surface area contributed by atoms with Gasteiger partial charge in [0.25, 0.3) is 11.7 Å². The molecule has 1 atom stereocenters. The third kappa shape index (κ3) is 5.34. The molecule has 190 valence electrons. The number of aliphatic hydroxyl groups is 1. The summed E-state index contributed by atoms with van der Waals surface area (Å²) in [4.78, 5) is 29.9. The number of amides is 1. The lowest BCUT2D eigenvalue weighted by Gasteiger charge is -2.29. The first-order valence-electron chi connectivity index (χ1n) is 12.1. The molecule has 2 aliphatic heterocycles. The van der Waals surface area contributed by atoms with E-state index in [0.717, 1.165) is 25.2 Å². The highest BCUT2D eigenvalue weighted by atomic mass is 19.1. The second kappa shape index (κ2) is 11.5. The number of ketones is 1. The number of halogens is 1. The quantitative estimate of drug-likeness (QED) is 0.247. The first kappa shape index (κ1) is 25.6. The molecule has 0 aliphatic carbocycles. The van der Waals surface area contributed by atoms with E-state index in [1.54, 1.807) is 42.5 Å². The summed E-state index contributed by atoms with van der Waals surface area (Å²) in [5, 5.41) is 11.2. The van der Waals surface area contributed by atoms with Gasteiger partial charge in [0.05, 0.1) is 24.8 Å². The summed E-state index contributed by atoms with van der Waals surface area (Å²) >= 11 is 0. The van der Waals surface area contributed by atoms with E-state index in [4.69, 9.17) is 9.47 Å². The highest BCUT2D eigenvalue weighted by Crippen LogP contribution is 2.40. The minimum atomic E-state index is -1.02. The fraction of sp³-hybridized carbons (Fsp3) is 0.357. The predicted octanol–water partition coefficient (Wildman–Crippen LogP) is 3.84. The molecule has 36 heavy (non-hydrogen) atoms. The zero-order chi connectivity index (χ0) is 25.7. The van der Waals surface area contributed by atoms with Crippen LogP contribution in [0.5, 0.6) is 5.75 Å². The zero-order valence-corrected chi connectivity index (χ0v) is 20.4. The van der Waals surface area contributed by atoms with Crippen LogP contribution < -0.4 is 4.74 Å². The van der Waals surface area contributed by atoms with Crippen molar-refractivity contribution in [2.45, 2.75) is 19.4 Å². The molecule has 7 nitrogen and oxygen atoms in total. The smallest absolute Gasteiger partial charge is 0.295 e. The number of carbonyl (C=O) groups excluding carboxylic acids is 2. The van der Waals surface area contributed by atoms with Gasteiger partial charge in [-0.05, 0) is 43.2 Å². The molecule has 2 aromatic rings. The average Bonchev–Trinajstić information content (AvgIpc) is 3.13. The predicted molar refractivity (Wildman–Crippen MR) is 134 cm³/mol. The van der Waals surface area contributed by atoms with Gasteiger partial charge in [-0.3, -0.25) is 14.5 Å². The van der Waals surface area contributed by atoms with Crippen molar-refractivity contribution < 1.29 is 28.6 Å². The number of aliphatic hydroxyl groups excluding tert-OH is 1. The van der Waals surface area contributed by atoms with Crippen molar-refractivity contribution in [3.8, 4) is 5.75 Å². The molecule has 2 aromatic carbocycles. The Bertz CT molecular complexity index is 1170. The van der Waals surface area contributed by atoms with Gasteiger partial charge in [-0.15, -0.1) is 0 Å². The standard InChI is InChI=1S/C28H31FN2O5/c1-3-15-36-23-10-9-20(18-19(23)2)26(32)24-25(21-7-4-5-8-22(21)29)31(28(34)27(24)33)12-6-11-30-13-16-35-17-14-30/h3-5,7-10,18,25,32H,1,6,11-17H2,2H3/b26-24+. The molecule has 2 aliphatic rings. The van der Waals surface area contributed by atoms with E-state index in [9.17, 15) is 19.1 Å². The maximum absolute atomic E-state index is 15.0. The first-order valence-corrected chi connectivity index (χ1v) is 12.1. The van der Waals surface area contributed by atoms with Crippen molar-refractivity contribution in [1.29, 1.82) is 0 Å². The highest BCUT2D eigenvalue weighted by Gasteiger charge is 2.46. The van der Waals surface area contributed by atoms with Crippen LogP contribution in [0, 0.1) is 12.7 Å². The molecule has 1 amide bonds. The number of carbonyl (C=O) groups is 2. The number of rotatable bonds is 9. The lowest BCUT2D eigenvalue weighted by molar-refractivity contribution is -0.140. The maximum Gasteiger partial charge on any atom is 0.295 e. The van der Waals surface area contributed by atoms with Crippen molar-refractivity contribution >= 4 is 17.4 Å². The minimum Gasteiger partial charge on any atom is -0.507 e. The van der Waals surface area contributed by atoms with Gasteiger partial charge in [-0.25, -0.2) is 4.39 Å². The molecular formula is C28H31FN2O5. The number of aryl methyl sites for hydroxylation is 1. The van der Waals surface area contributed by atoms with Crippen molar-refractivity contribution in [2.75, 3.05) is 46.0 Å². The Morgan fingerprint density at radius 2 is 1.94 bits per heavy atom. The van der Waals surface area contributed by atoms with Crippen molar-refractivity contribution in [2.24, 2.45) is 0 Å². The summed E-state index contributed by atoms with van der Waals surface area (Å²) in [6.07, 6.45) is 2.23. The average molecular weight is 495 g/mol. The van der Waals surface area contributed by atoms with Crippen LogP contribution in [0.3, 0.4) is 0 Å². The van der Waals surface area contributed by atoms with Gasteiger partial charge in [-0.2, -0.15) is 0 Å². The van der Waals surface area contributed by atoms with Crippen LogP contribution in [0.1, 0.15) is 29.2 Å². The van der Waals surface area contributed by atoms with Gasteiger partial charge in [-0.1, -0.05) is 30.9 Å². The Hall–Kier alpha value is -3.49. The number of ether oxygens (including phenoxy) is 2. The van der Waals surface area contributed by atoms with E-state index in [1.807, 2.05) is 6.92 Å². The van der Waals surface area contributed by atoms with Gasteiger partial charge >= 0.3 is 0 Å². The number of hydrogen-bond acceptors (Lipinski definition) is 6. The molecule has 0 bridgehead atoms. The number of morpholine rings is 1. The normalized spacial score (nSPS) is 20.1. The Balaban J connectivity index is 1.68. The van der Waals surface area contributed by atoms with Crippen LogP contribution in [0.15, 0.2) is 60.7 Å². The molecule has 2 fully saturated rings. The summed E-state index contributed by atoms with van der Waals surface area (Å²) in [6.45, 7) is 9.69. The Kier molecular flexibility index (Phi) is 8.18. The molecule has 0 saturated carbocycles. The van der Waals surface area contributed by atoms with E-state index in [1.165, 1.54) is 11.0 Å². The maximum atomic E-state index is 15.0. The number of hydrogen-bond donors (Lipinski definition) is 1. The third-order valence-electron chi connectivity index (χ3n) is 6.52. The molecule has 0 spiro atoms. The summed E-state index contributed by atoms with van der Waals surface area (Å²) in [5.41, 5.74) is 1.15. The fourth-order valence-corrected chi connectivity index (χ4v) is 4.68. The fourth-order valence-electron chi connectivity index (χ4n) is 4.68. The van der Waals surface area contributed by atoms with E-state index in [-0.39, 0.29) is 23.4 Å². The Morgan fingerprint density at radius 3 is 2.64 bits per heavy atom. The highest BCUT2D eigenvalue weighted by molar-refractivity contribution is 6.46. The van der Waals surface area contributed by atoms with E-state index < -0.39 is 23.5 Å². The second-order valence-corrected chi connectivity index (χ2v) is 8.90. The van der Waals surface area contributed by atoms with Crippen molar-refractivity contribution in [1.82, 2.24) is 9.80 Å². The van der Waals surface area contributed by atoms with Gasteiger partial charge in [0.1, 0.15) is 23.9 Å². The topological polar surface area (TPSA) is 79.3 Å². The molecule has 0 radical (unpaired) electrons. The summed E-state index contributed by atoms with van der Waals surface area (Å²) in [5.74, 6) is -1.83. The third-order valence-corrected chi connectivity index (χ3v) is 6.52. The largest absolute Gasteiger partial charge is 0.507 e. The molecule has 2 heterocycles. The zero-order valence-electron chi connectivity index (χ0n) is 20.4. The molecule has 1 N–H and O–H groups in total. The molecule has 0 aromatic heterocycles. The lowest BCUT2D eigenvalue weighted by atomic mass is 9.94. The lowest BCUT2D eigenvalue weighted by Crippen LogP contribution is -2.39. The Labute approximate surface area is 210 Å². The number of benzene rings is 2. The summed E-state index contributed by atoms with van der Waals surface area (Å²) in [7, 11) is 0. The van der Waals surface area contributed by atoms with Crippen LogP contribution in [0.2, 0.25) is 0 Å². The van der Waals surface area contributed by atoms with Gasteiger partial charge in [0.2, 0.25) is 0 Å². The van der Waals surface area contributed by atoms with Crippen LogP contribution in [0.4, 0.5) is 4.39 Å². The summed E-state index contributed by atoms with van der Waals surface area (Å²) in [6, 6.07) is 10.0. The first-order chi connectivity index (χ1) is 17.4. The van der Waals surface area contributed by atoms with Gasteiger partial charge in [0, 0.05) is 37.3 Å². The monoisotopic (exact) mass is 494 g/mol. The molecular weight excluding hydrogens is 463 g/mol. The van der Waals surface area contributed by atoms with E-state index in [2.05, 4.69) is 11.5 Å². The second-order valence-electron chi connectivity index (χ2n) is 8.90. The molecule has 2 saturated heterocycles. The number of likely N-dealkylation sites (tertiary alicyclic amines) is 1. The van der Waals surface area contributed by atoms with Crippen LogP contribution in [-0.2, 0) is 14.3 Å². The van der Waals surface area contributed by atoms with Crippen molar-refractivity contribution in [3.63, 3.8) is 0 Å². The van der Waals surface area contributed by atoms with Crippen LogP contribution in [-0.4, -0.2) is 72.6 Å². The van der Waals surface area contributed by atoms with E-state index >= 15 is 0 Å². The minimum absolute atomic E-state index is 0.115. The molecule has 8 heteroatoms. The van der Waals surface area contributed by atoms with Crippen LogP contribution >= 0.6 is 0 Å². The van der Waals surface area contributed by atoms with E-state index in [0.29, 0.717) is 37.6 Å².